The second-order valence-electron chi connectivity index (χ2n) is 8.09. The number of amides is 2. The van der Waals surface area contributed by atoms with Gasteiger partial charge >= 0.3 is 0 Å². The SMILES string of the molecule is O=C(c1cn(C[C@@H]2CC(F)(F)CN2C(=O)c2n[nH]c3ccccc23)nn1)N1CCCC1. The summed E-state index contributed by atoms with van der Waals surface area (Å²) in [6.07, 6.45) is 2.88. The van der Waals surface area contributed by atoms with Crippen LogP contribution in [0.3, 0.4) is 0 Å². The van der Waals surface area contributed by atoms with Crippen LogP contribution in [0.15, 0.2) is 30.5 Å². The van der Waals surface area contributed by atoms with E-state index >= 15 is 0 Å². The summed E-state index contributed by atoms with van der Waals surface area (Å²) < 4.78 is 29.9. The number of aromatic amines is 1. The number of nitrogens with one attached hydrogen (secondary N) is 1. The molecule has 3 aromatic rings. The Morgan fingerprint density at radius 3 is 2.74 bits per heavy atom. The minimum Gasteiger partial charge on any atom is -0.337 e. The number of likely N-dealkylation sites (tertiary alicyclic amines) is 2. The molecule has 4 heterocycles. The van der Waals surface area contributed by atoms with Gasteiger partial charge in [-0.15, -0.1) is 5.10 Å². The third-order valence-electron chi connectivity index (χ3n) is 5.86. The van der Waals surface area contributed by atoms with Crippen molar-refractivity contribution < 1.29 is 18.4 Å². The molecule has 2 aliphatic heterocycles. The predicted octanol–water partition coefficient (Wildman–Crippen LogP) is 1.94. The third kappa shape index (κ3) is 3.64. The zero-order valence-corrected chi connectivity index (χ0v) is 16.7. The lowest BCUT2D eigenvalue weighted by Crippen LogP contribution is -2.39. The Hall–Kier alpha value is -3.37. The molecule has 0 spiro atoms. The number of aromatic nitrogens is 5. The lowest BCUT2D eigenvalue weighted by molar-refractivity contribution is 0.0117. The molecule has 31 heavy (non-hydrogen) atoms. The topological polar surface area (TPSA) is 100 Å². The van der Waals surface area contributed by atoms with Gasteiger partial charge in [0.05, 0.1) is 30.8 Å². The molecule has 162 valence electrons. The second kappa shape index (κ2) is 7.40. The van der Waals surface area contributed by atoms with E-state index in [0.29, 0.717) is 24.0 Å². The van der Waals surface area contributed by atoms with Crippen LogP contribution in [0.5, 0.6) is 0 Å². The van der Waals surface area contributed by atoms with Gasteiger partial charge < -0.3 is 9.80 Å². The van der Waals surface area contributed by atoms with Crippen LogP contribution in [-0.4, -0.2) is 78.4 Å². The van der Waals surface area contributed by atoms with E-state index in [1.54, 1.807) is 29.2 Å². The predicted molar refractivity (Wildman–Crippen MR) is 106 cm³/mol. The maximum atomic E-state index is 14.3. The number of carbonyl (C=O) groups is 2. The first-order valence-electron chi connectivity index (χ1n) is 10.2. The highest BCUT2D eigenvalue weighted by atomic mass is 19.3. The van der Waals surface area contributed by atoms with E-state index in [-0.39, 0.29) is 23.8 Å². The summed E-state index contributed by atoms with van der Waals surface area (Å²) in [5, 5.41) is 15.3. The van der Waals surface area contributed by atoms with Gasteiger partial charge in [0.25, 0.3) is 17.7 Å². The molecule has 9 nitrogen and oxygen atoms in total. The fourth-order valence-corrected chi connectivity index (χ4v) is 4.34. The highest BCUT2D eigenvalue weighted by molar-refractivity contribution is 6.04. The third-order valence-corrected chi connectivity index (χ3v) is 5.86. The number of benzene rings is 1. The number of H-pyrrole nitrogens is 1. The summed E-state index contributed by atoms with van der Waals surface area (Å²) in [4.78, 5) is 28.4. The van der Waals surface area contributed by atoms with Crippen molar-refractivity contribution in [2.24, 2.45) is 0 Å². The van der Waals surface area contributed by atoms with Gasteiger partial charge in [-0.2, -0.15) is 5.10 Å². The van der Waals surface area contributed by atoms with Gasteiger partial charge in [-0.3, -0.25) is 14.7 Å². The van der Waals surface area contributed by atoms with E-state index in [1.165, 1.54) is 10.9 Å². The second-order valence-corrected chi connectivity index (χ2v) is 8.09. The molecule has 0 unspecified atom stereocenters. The Balaban J connectivity index is 1.36. The Kier molecular flexibility index (Phi) is 4.67. The zero-order valence-electron chi connectivity index (χ0n) is 16.7. The first-order valence-corrected chi connectivity index (χ1v) is 10.2. The zero-order chi connectivity index (χ0) is 21.6. The molecule has 2 aromatic heterocycles. The van der Waals surface area contributed by atoms with Gasteiger partial charge in [0.2, 0.25) is 0 Å². The number of carbonyl (C=O) groups excluding carboxylic acids is 2. The molecule has 5 rings (SSSR count). The van der Waals surface area contributed by atoms with Crippen LogP contribution in [0.1, 0.15) is 40.2 Å². The van der Waals surface area contributed by atoms with Crippen LogP contribution in [0, 0.1) is 0 Å². The molecular formula is C20H21F2N7O2. The minimum absolute atomic E-state index is 0.0178. The summed E-state index contributed by atoms with van der Waals surface area (Å²) in [7, 11) is 0. The number of halogens is 2. The van der Waals surface area contributed by atoms with E-state index < -0.39 is 30.8 Å². The summed E-state index contributed by atoms with van der Waals surface area (Å²) in [5.41, 5.74) is 0.958. The summed E-state index contributed by atoms with van der Waals surface area (Å²) in [6.45, 7) is 0.691. The lowest BCUT2D eigenvalue weighted by Gasteiger charge is -2.23. The standard InChI is InChI=1S/C20H21F2N7O2/c21-20(22)9-13(10-28-11-16(24-26-28)18(30)27-7-3-4-8-27)29(12-20)19(31)17-14-5-1-2-6-15(14)23-25-17/h1-2,5-6,11,13H,3-4,7-10,12H2,(H,23,25)/t13-/m0/s1. The first kappa shape index (κ1) is 19.6. The fraction of sp³-hybridized carbons (Fsp3) is 0.450. The molecule has 1 aromatic carbocycles. The Bertz CT molecular complexity index is 1140. The molecule has 0 aliphatic carbocycles. The van der Waals surface area contributed by atoms with Gasteiger partial charge in [0, 0.05) is 24.9 Å². The van der Waals surface area contributed by atoms with E-state index in [0.717, 1.165) is 17.7 Å². The Morgan fingerprint density at radius 1 is 1.16 bits per heavy atom. The minimum atomic E-state index is -3.01. The van der Waals surface area contributed by atoms with Crippen LogP contribution in [0.25, 0.3) is 10.9 Å². The van der Waals surface area contributed by atoms with E-state index in [2.05, 4.69) is 20.5 Å². The molecule has 1 atom stereocenters. The van der Waals surface area contributed by atoms with Crippen molar-refractivity contribution in [3.05, 3.63) is 41.9 Å². The van der Waals surface area contributed by atoms with E-state index in [4.69, 9.17) is 0 Å². The number of para-hydroxylation sites is 1. The maximum Gasteiger partial charge on any atom is 0.276 e. The van der Waals surface area contributed by atoms with E-state index in [9.17, 15) is 18.4 Å². The van der Waals surface area contributed by atoms with Crippen LogP contribution in [-0.2, 0) is 6.54 Å². The van der Waals surface area contributed by atoms with Crippen molar-refractivity contribution in [1.82, 2.24) is 35.0 Å². The normalized spacial score (nSPS) is 20.6. The van der Waals surface area contributed by atoms with Crippen LogP contribution in [0.4, 0.5) is 8.78 Å². The number of hydrogen-bond acceptors (Lipinski definition) is 5. The smallest absolute Gasteiger partial charge is 0.276 e. The monoisotopic (exact) mass is 429 g/mol. The van der Waals surface area contributed by atoms with Gasteiger partial charge in [0.15, 0.2) is 11.4 Å². The number of alkyl halides is 2. The van der Waals surface area contributed by atoms with Gasteiger partial charge in [0.1, 0.15) is 0 Å². The van der Waals surface area contributed by atoms with E-state index in [1.807, 2.05) is 0 Å². The summed E-state index contributed by atoms with van der Waals surface area (Å²) in [6, 6.07) is 6.26. The molecule has 0 bridgehead atoms. The van der Waals surface area contributed by atoms with Gasteiger partial charge in [-0.1, -0.05) is 23.4 Å². The van der Waals surface area contributed by atoms with Crippen molar-refractivity contribution in [1.29, 1.82) is 0 Å². The van der Waals surface area contributed by atoms with Crippen molar-refractivity contribution in [2.45, 2.75) is 37.8 Å². The van der Waals surface area contributed by atoms with Crippen molar-refractivity contribution in [3.8, 4) is 0 Å². The molecule has 2 amide bonds. The molecule has 1 N–H and O–H groups in total. The lowest BCUT2D eigenvalue weighted by atomic mass is 10.1. The summed E-state index contributed by atoms with van der Waals surface area (Å²) in [5.74, 6) is -3.79. The van der Waals surface area contributed by atoms with Crippen molar-refractivity contribution in [3.63, 3.8) is 0 Å². The quantitative estimate of drug-likeness (QED) is 0.683. The summed E-state index contributed by atoms with van der Waals surface area (Å²) >= 11 is 0. The number of rotatable bonds is 4. The molecule has 2 aliphatic rings. The molecule has 0 saturated carbocycles. The molecule has 11 heteroatoms. The van der Waals surface area contributed by atoms with Gasteiger partial charge in [-0.05, 0) is 18.9 Å². The molecular weight excluding hydrogens is 408 g/mol. The molecule has 2 saturated heterocycles. The number of hydrogen-bond donors (Lipinski definition) is 1. The van der Waals surface area contributed by atoms with Crippen LogP contribution < -0.4 is 0 Å². The average Bonchev–Trinajstić information content (AvgIpc) is 3.53. The van der Waals surface area contributed by atoms with Crippen LogP contribution in [0.2, 0.25) is 0 Å². The highest BCUT2D eigenvalue weighted by Crippen LogP contribution is 2.34. The first-order chi connectivity index (χ1) is 14.9. The number of nitrogens with zero attached hydrogens (tertiary/aromatic N) is 6. The van der Waals surface area contributed by atoms with Crippen molar-refractivity contribution >= 4 is 22.7 Å². The largest absolute Gasteiger partial charge is 0.337 e. The van der Waals surface area contributed by atoms with Gasteiger partial charge in [-0.25, -0.2) is 13.5 Å². The molecule has 2 fully saturated rings. The number of fused-ring (bicyclic) bond motifs is 1. The Labute approximate surface area is 176 Å². The average molecular weight is 429 g/mol. The maximum absolute atomic E-state index is 14.3. The Morgan fingerprint density at radius 2 is 1.94 bits per heavy atom. The highest BCUT2D eigenvalue weighted by Gasteiger charge is 2.48. The fourth-order valence-electron chi connectivity index (χ4n) is 4.34. The molecule has 0 radical (unpaired) electrons. The van der Waals surface area contributed by atoms with Crippen molar-refractivity contribution in [2.75, 3.05) is 19.6 Å². The van der Waals surface area contributed by atoms with Crippen LogP contribution >= 0.6 is 0 Å².